The van der Waals surface area contributed by atoms with E-state index in [2.05, 4.69) is 194 Å². The van der Waals surface area contributed by atoms with Crippen molar-refractivity contribution in [3.63, 3.8) is 0 Å². The average molecular weight is 836 g/mol. The van der Waals surface area contributed by atoms with Crippen LogP contribution in [-0.4, -0.2) is 13.7 Å². The molecule has 0 aliphatic heterocycles. The van der Waals surface area contributed by atoms with E-state index in [1.807, 2.05) is 6.07 Å². The Labute approximate surface area is 367 Å². The number of rotatable bonds is 3. The van der Waals surface area contributed by atoms with E-state index in [4.69, 9.17) is 6.57 Å². The van der Waals surface area contributed by atoms with Crippen LogP contribution in [0.3, 0.4) is 0 Å². The van der Waals surface area contributed by atoms with E-state index in [-0.39, 0.29) is 0 Å². The summed E-state index contributed by atoms with van der Waals surface area (Å²) in [5.41, 5.74) is 9.14. The molecule has 63 heavy (non-hydrogen) atoms. The number of nitrogens with zero attached hydrogens (tertiary/aromatic N) is 5. The van der Waals surface area contributed by atoms with E-state index in [1.54, 1.807) is 22.7 Å². The predicted molar refractivity (Wildman–Crippen MR) is 266 cm³/mol. The summed E-state index contributed by atoms with van der Waals surface area (Å²) in [4.78, 5) is 4.39. The van der Waals surface area contributed by atoms with Crippen molar-refractivity contribution in [3.8, 4) is 23.1 Å². The van der Waals surface area contributed by atoms with Crippen LogP contribution in [0.15, 0.2) is 176 Å². The quantitative estimate of drug-likeness (QED) is 0.164. The van der Waals surface area contributed by atoms with Crippen LogP contribution >= 0.6 is 22.7 Å². The number of benzene rings is 9. The van der Waals surface area contributed by atoms with Crippen molar-refractivity contribution in [3.05, 3.63) is 193 Å². The molecule has 5 nitrogen and oxygen atoms in total. The Balaban J connectivity index is 1.29. The van der Waals surface area contributed by atoms with Crippen molar-refractivity contribution >= 4 is 134 Å². The van der Waals surface area contributed by atoms with Crippen molar-refractivity contribution in [2.45, 2.75) is 0 Å². The number of aromatic nitrogens is 3. The van der Waals surface area contributed by atoms with Crippen molar-refractivity contribution in [2.24, 2.45) is 0 Å². The maximum absolute atomic E-state index is 11.6. The highest BCUT2D eigenvalue weighted by Gasteiger charge is 2.31. The van der Waals surface area contributed by atoms with Crippen LogP contribution in [0.5, 0.6) is 0 Å². The van der Waals surface area contributed by atoms with Gasteiger partial charge in [-0.3, -0.25) is 0 Å². The standard InChI is InChI=1S/C56H29N5S2/c1-58-43-30-32(31-57)50(60-46-22-10-4-16-35(46)39-26-28-41-37-18-6-12-24-48(37)62-55(41)51(39)60)54(59-44-20-8-2-14-33(44)34-15-3-9-21-45(34)59)53(43)61-47-23-11-5-17-36(47)40-27-29-42-38-19-7-13-25-49(38)63-56(42)52(40)61/h2-30H. The van der Waals surface area contributed by atoms with Gasteiger partial charge in [0.1, 0.15) is 6.07 Å². The van der Waals surface area contributed by atoms with Gasteiger partial charge in [0.15, 0.2) is 0 Å². The monoisotopic (exact) mass is 835 g/mol. The first-order chi connectivity index (χ1) is 31.2. The fourth-order valence-electron chi connectivity index (χ4n) is 10.6. The minimum absolute atomic E-state index is 0.403. The van der Waals surface area contributed by atoms with Crippen molar-refractivity contribution in [2.75, 3.05) is 0 Å². The van der Waals surface area contributed by atoms with E-state index in [9.17, 15) is 5.26 Å². The van der Waals surface area contributed by atoms with Crippen LogP contribution in [0.1, 0.15) is 5.56 Å². The number of para-hydroxylation sites is 4. The fourth-order valence-corrected chi connectivity index (χ4v) is 13.0. The van der Waals surface area contributed by atoms with Gasteiger partial charge in [-0.2, -0.15) is 5.26 Å². The van der Waals surface area contributed by atoms with Gasteiger partial charge < -0.3 is 13.7 Å². The van der Waals surface area contributed by atoms with Crippen LogP contribution < -0.4 is 0 Å². The summed E-state index contributed by atoms with van der Waals surface area (Å²) in [5.74, 6) is 0. The SMILES string of the molecule is [C-]#[N+]c1cc(C#N)c(-n2c3ccccc3c3ccc4c5ccccc5sc4c32)c(-n2c3ccccc3c3ccccc32)c1-n1c2ccccc2c2ccc3c4ccccc4sc3c21. The second-order valence-corrected chi connectivity index (χ2v) is 18.3. The Morgan fingerprint density at radius 1 is 0.397 bits per heavy atom. The summed E-state index contributed by atoms with van der Waals surface area (Å²) < 4.78 is 11.8. The minimum Gasteiger partial charge on any atom is -0.316 e. The van der Waals surface area contributed by atoms with Crippen LogP contribution in [-0.2, 0) is 0 Å². The van der Waals surface area contributed by atoms with Gasteiger partial charge in [-0.05, 0) is 42.5 Å². The van der Waals surface area contributed by atoms with Gasteiger partial charge in [-0.25, -0.2) is 4.85 Å². The Kier molecular flexibility index (Phi) is 6.94. The normalized spacial score (nSPS) is 12.1. The van der Waals surface area contributed by atoms with Gasteiger partial charge in [0, 0.05) is 63.3 Å². The van der Waals surface area contributed by atoms with Crippen molar-refractivity contribution in [1.29, 1.82) is 5.26 Å². The molecule has 0 saturated heterocycles. The summed E-state index contributed by atoms with van der Waals surface area (Å²) >= 11 is 3.58. The summed E-state index contributed by atoms with van der Waals surface area (Å²) in [6.07, 6.45) is 0. The Bertz CT molecular complexity index is 4140. The van der Waals surface area contributed by atoms with Crippen LogP contribution in [0, 0.1) is 17.9 Å². The minimum atomic E-state index is 0.403. The zero-order valence-electron chi connectivity index (χ0n) is 33.3. The molecule has 5 aromatic heterocycles. The third-order valence-electron chi connectivity index (χ3n) is 13.1. The second kappa shape index (κ2) is 12.7. The maximum Gasteiger partial charge on any atom is 0.214 e. The van der Waals surface area contributed by atoms with Gasteiger partial charge in [-0.1, -0.05) is 133 Å². The topological polar surface area (TPSA) is 42.9 Å². The number of nitriles is 1. The number of hydrogen-bond acceptors (Lipinski definition) is 3. The van der Waals surface area contributed by atoms with E-state index in [0.29, 0.717) is 11.3 Å². The molecule has 0 unspecified atom stereocenters. The first-order valence-electron chi connectivity index (χ1n) is 20.9. The molecule has 0 amide bonds. The van der Waals surface area contributed by atoms with Gasteiger partial charge >= 0.3 is 0 Å². The third-order valence-corrected chi connectivity index (χ3v) is 15.5. The lowest BCUT2D eigenvalue weighted by molar-refractivity contribution is 1.05. The lowest BCUT2D eigenvalue weighted by Crippen LogP contribution is -2.11. The maximum atomic E-state index is 11.6. The Morgan fingerprint density at radius 3 is 1.24 bits per heavy atom. The third kappa shape index (κ3) is 4.47. The molecule has 0 N–H and O–H groups in total. The molecule has 7 heteroatoms. The Hall–Kier alpha value is -8.20. The fraction of sp³-hybridized carbons (Fsp3) is 0. The van der Waals surface area contributed by atoms with Gasteiger partial charge in [0.2, 0.25) is 5.69 Å². The molecule has 290 valence electrons. The van der Waals surface area contributed by atoms with Crippen LogP contribution in [0.4, 0.5) is 5.69 Å². The molecule has 0 aliphatic rings. The number of thiophene rings is 2. The first-order valence-corrected chi connectivity index (χ1v) is 22.5. The molecule has 0 radical (unpaired) electrons. The zero-order valence-corrected chi connectivity index (χ0v) is 34.9. The molecule has 0 atom stereocenters. The highest BCUT2D eigenvalue weighted by molar-refractivity contribution is 7.27. The molecule has 0 bridgehead atoms. The summed E-state index contributed by atoms with van der Waals surface area (Å²) in [5, 5.41) is 23.0. The molecular weight excluding hydrogens is 807 g/mol. The molecule has 0 spiro atoms. The zero-order chi connectivity index (χ0) is 41.5. The largest absolute Gasteiger partial charge is 0.316 e. The summed E-state index contributed by atoms with van der Waals surface area (Å²) in [6, 6.07) is 65.0. The molecule has 14 aromatic rings. The highest BCUT2D eigenvalue weighted by atomic mass is 32.1. The predicted octanol–water partition coefficient (Wildman–Crippen LogP) is 16.1. The van der Waals surface area contributed by atoms with E-state index in [1.165, 1.54) is 30.9 Å². The van der Waals surface area contributed by atoms with Crippen molar-refractivity contribution in [1.82, 2.24) is 13.7 Å². The second-order valence-electron chi connectivity index (χ2n) is 16.2. The van der Waals surface area contributed by atoms with E-state index < -0.39 is 0 Å². The smallest absolute Gasteiger partial charge is 0.214 e. The molecule has 9 aromatic carbocycles. The van der Waals surface area contributed by atoms with E-state index in [0.717, 1.165) is 91.9 Å². The van der Waals surface area contributed by atoms with Crippen LogP contribution in [0.2, 0.25) is 0 Å². The average Bonchev–Trinajstić information content (AvgIpc) is 4.15. The highest BCUT2D eigenvalue weighted by Crippen LogP contribution is 2.51. The Morgan fingerprint density at radius 2 is 0.778 bits per heavy atom. The first kappa shape index (κ1) is 34.5. The van der Waals surface area contributed by atoms with Gasteiger partial charge in [0.25, 0.3) is 0 Å². The van der Waals surface area contributed by atoms with Gasteiger partial charge in [0.05, 0.1) is 71.7 Å². The van der Waals surface area contributed by atoms with E-state index >= 15 is 0 Å². The molecule has 5 heterocycles. The van der Waals surface area contributed by atoms with Crippen molar-refractivity contribution < 1.29 is 0 Å². The molecule has 14 rings (SSSR count). The number of hydrogen-bond donors (Lipinski definition) is 0. The molecule has 0 saturated carbocycles. The lowest BCUT2D eigenvalue weighted by Gasteiger charge is -2.24. The molecule has 0 fully saturated rings. The molecular formula is C56H29N5S2. The molecule has 0 aliphatic carbocycles. The summed E-state index contributed by atoms with van der Waals surface area (Å²) in [6.45, 7) is 9.04. The number of fused-ring (bicyclic) bond motifs is 17. The van der Waals surface area contributed by atoms with Gasteiger partial charge in [-0.15, -0.1) is 22.7 Å². The van der Waals surface area contributed by atoms with Crippen LogP contribution in [0.25, 0.3) is 128 Å². The summed E-state index contributed by atoms with van der Waals surface area (Å²) in [7, 11) is 0. The lowest BCUT2D eigenvalue weighted by atomic mass is 10.1.